The molecular weight excluding hydrogens is 246 g/mol. The zero-order chi connectivity index (χ0) is 14.0. The van der Waals surface area contributed by atoms with Gasteiger partial charge in [-0.25, -0.2) is 4.79 Å². The molecule has 0 spiro atoms. The lowest BCUT2D eigenvalue weighted by molar-refractivity contribution is -0.138. The minimum Gasteiger partial charge on any atom is -0.481 e. The van der Waals surface area contributed by atoms with E-state index in [1.54, 1.807) is 0 Å². The number of carbonyl (C=O) groups is 2. The van der Waals surface area contributed by atoms with Crippen LogP contribution in [0.3, 0.4) is 0 Å². The number of likely N-dealkylation sites (N-methyl/N-ethyl adjacent to an activating group) is 1. The summed E-state index contributed by atoms with van der Waals surface area (Å²) >= 11 is 0. The van der Waals surface area contributed by atoms with Crippen LogP contribution in [0, 0.1) is 5.92 Å². The van der Waals surface area contributed by atoms with Crippen LogP contribution in [-0.4, -0.2) is 77.6 Å². The zero-order valence-corrected chi connectivity index (χ0v) is 11.7. The van der Waals surface area contributed by atoms with Crippen molar-refractivity contribution in [3.05, 3.63) is 0 Å². The van der Waals surface area contributed by atoms with Crippen molar-refractivity contribution < 1.29 is 14.7 Å². The maximum atomic E-state index is 12.4. The van der Waals surface area contributed by atoms with Crippen molar-refractivity contribution in [3.8, 4) is 0 Å². The van der Waals surface area contributed by atoms with Gasteiger partial charge < -0.3 is 19.8 Å². The average molecular weight is 269 g/mol. The first kappa shape index (κ1) is 14.1. The predicted octanol–water partition coefficient (Wildman–Crippen LogP) is 0.539. The minimum absolute atomic E-state index is 0.0773. The molecule has 108 valence electrons. The Kier molecular flexibility index (Phi) is 4.29. The number of hydrogen-bond acceptors (Lipinski definition) is 3. The normalized spacial score (nSPS) is 28.7. The molecule has 0 aromatic heterocycles. The van der Waals surface area contributed by atoms with Crippen LogP contribution in [0.2, 0.25) is 0 Å². The van der Waals surface area contributed by atoms with Crippen molar-refractivity contribution in [1.29, 1.82) is 0 Å². The molecule has 2 unspecified atom stereocenters. The number of amides is 2. The Labute approximate surface area is 114 Å². The number of carbonyl (C=O) groups excluding carboxylic acids is 1. The second kappa shape index (κ2) is 5.77. The Bertz CT molecular complexity index is 361. The molecule has 2 rings (SSSR count). The molecule has 0 aliphatic carbocycles. The molecule has 0 bridgehead atoms. The summed E-state index contributed by atoms with van der Waals surface area (Å²) in [5, 5.41) is 8.80. The first-order chi connectivity index (χ1) is 8.97. The van der Waals surface area contributed by atoms with Crippen molar-refractivity contribution in [1.82, 2.24) is 14.7 Å². The maximum absolute atomic E-state index is 12.4. The van der Waals surface area contributed by atoms with E-state index in [0.29, 0.717) is 13.1 Å². The van der Waals surface area contributed by atoms with E-state index in [0.717, 1.165) is 26.1 Å². The summed E-state index contributed by atoms with van der Waals surface area (Å²) in [6, 6.07) is 0.304. The van der Waals surface area contributed by atoms with Crippen LogP contribution in [0.4, 0.5) is 4.79 Å². The van der Waals surface area contributed by atoms with Crippen molar-refractivity contribution in [3.63, 3.8) is 0 Å². The van der Waals surface area contributed by atoms with Crippen LogP contribution in [0.15, 0.2) is 0 Å². The summed E-state index contributed by atoms with van der Waals surface area (Å²) in [6.07, 6.45) is 0.974. The number of aliphatic carboxylic acids is 1. The summed E-state index contributed by atoms with van der Waals surface area (Å²) in [6.45, 7) is 5.91. The standard InChI is InChI=1S/C13H23N3O3/c1-10-8-14(2)5-6-16(10)13(19)15-4-3-11(9-15)7-12(17)18/h10-11H,3-9H2,1-2H3,(H,17,18). The third-order valence-electron chi connectivity index (χ3n) is 4.10. The van der Waals surface area contributed by atoms with Gasteiger partial charge in [-0.1, -0.05) is 0 Å². The molecular formula is C13H23N3O3. The van der Waals surface area contributed by atoms with Gasteiger partial charge in [0.25, 0.3) is 0 Å². The molecule has 1 N–H and O–H groups in total. The molecule has 2 amide bonds. The second-order valence-corrected chi connectivity index (χ2v) is 5.79. The Morgan fingerprint density at radius 2 is 1.95 bits per heavy atom. The summed E-state index contributed by atoms with van der Waals surface area (Å²) in [4.78, 5) is 29.1. The Hall–Kier alpha value is -1.30. The fourth-order valence-corrected chi connectivity index (χ4v) is 3.03. The molecule has 2 saturated heterocycles. The van der Waals surface area contributed by atoms with E-state index in [9.17, 15) is 9.59 Å². The first-order valence-corrected chi connectivity index (χ1v) is 6.93. The van der Waals surface area contributed by atoms with Gasteiger partial charge in [0, 0.05) is 45.2 Å². The number of urea groups is 1. The van der Waals surface area contributed by atoms with E-state index in [2.05, 4.69) is 18.9 Å². The lowest BCUT2D eigenvalue weighted by Crippen LogP contribution is -2.56. The number of carboxylic acids is 1. The highest BCUT2D eigenvalue weighted by atomic mass is 16.4. The third-order valence-corrected chi connectivity index (χ3v) is 4.10. The van der Waals surface area contributed by atoms with E-state index in [-0.39, 0.29) is 24.4 Å². The largest absolute Gasteiger partial charge is 0.481 e. The molecule has 2 aliphatic rings. The van der Waals surface area contributed by atoms with E-state index < -0.39 is 5.97 Å². The molecule has 2 aliphatic heterocycles. The SMILES string of the molecule is CC1CN(C)CCN1C(=O)N1CCC(CC(=O)O)C1. The van der Waals surface area contributed by atoms with Crippen LogP contribution < -0.4 is 0 Å². The number of rotatable bonds is 2. The van der Waals surface area contributed by atoms with E-state index >= 15 is 0 Å². The van der Waals surface area contributed by atoms with Gasteiger partial charge in [0.2, 0.25) is 0 Å². The van der Waals surface area contributed by atoms with Crippen LogP contribution in [0.25, 0.3) is 0 Å². The van der Waals surface area contributed by atoms with Gasteiger partial charge in [-0.15, -0.1) is 0 Å². The number of piperazine rings is 1. The summed E-state index contributed by atoms with van der Waals surface area (Å²) in [5.74, 6) is -0.656. The highest BCUT2D eigenvalue weighted by Gasteiger charge is 2.33. The van der Waals surface area contributed by atoms with Crippen LogP contribution in [0.1, 0.15) is 19.8 Å². The third kappa shape index (κ3) is 3.37. The summed E-state index contributed by atoms with van der Waals surface area (Å²) < 4.78 is 0. The lowest BCUT2D eigenvalue weighted by Gasteiger charge is -2.40. The van der Waals surface area contributed by atoms with Gasteiger partial charge in [-0.2, -0.15) is 0 Å². The average Bonchev–Trinajstić information content (AvgIpc) is 2.75. The molecule has 0 aromatic rings. The van der Waals surface area contributed by atoms with Crippen LogP contribution in [-0.2, 0) is 4.79 Å². The molecule has 0 radical (unpaired) electrons. The first-order valence-electron chi connectivity index (χ1n) is 6.93. The molecule has 6 nitrogen and oxygen atoms in total. The van der Waals surface area contributed by atoms with Gasteiger partial charge in [-0.3, -0.25) is 4.79 Å². The second-order valence-electron chi connectivity index (χ2n) is 5.79. The number of likely N-dealkylation sites (tertiary alicyclic amines) is 1. The van der Waals surface area contributed by atoms with Crippen molar-refractivity contribution in [2.45, 2.75) is 25.8 Å². The van der Waals surface area contributed by atoms with E-state index in [4.69, 9.17) is 5.11 Å². The molecule has 2 atom stereocenters. The molecule has 0 saturated carbocycles. The van der Waals surface area contributed by atoms with Crippen molar-refractivity contribution >= 4 is 12.0 Å². The summed E-state index contributed by atoms with van der Waals surface area (Å²) in [7, 11) is 2.07. The Balaban J connectivity index is 1.88. The maximum Gasteiger partial charge on any atom is 0.320 e. The van der Waals surface area contributed by atoms with Crippen molar-refractivity contribution in [2.24, 2.45) is 5.92 Å². The molecule has 19 heavy (non-hydrogen) atoms. The number of nitrogens with zero attached hydrogens (tertiary/aromatic N) is 3. The van der Waals surface area contributed by atoms with Gasteiger partial charge >= 0.3 is 12.0 Å². The predicted molar refractivity (Wildman–Crippen MR) is 71.0 cm³/mol. The zero-order valence-electron chi connectivity index (χ0n) is 11.7. The monoisotopic (exact) mass is 269 g/mol. The quantitative estimate of drug-likeness (QED) is 0.794. The van der Waals surface area contributed by atoms with E-state index in [1.807, 2.05) is 9.80 Å². The van der Waals surface area contributed by atoms with Crippen molar-refractivity contribution in [2.75, 3.05) is 39.8 Å². The highest BCUT2D eigenvalue weighted by Crippen LogP contribution is 2.22. The number of hydrogen-bond donors (Lipinski definition) is 1. The van der Waals surface area contributed by atoms with Gasteiger partial charge in [-0.05, 0) is 26.3 Å². The smallest absolute Gasteiger partial charge is 0.320 e. The summed E-state index contributed by atoms with van der Waals surface area (Å²) in [5.41, 5.74) is 0. The molecule has 0 aromatic carbocycles. The Morgan fingerprint density at radius 3 is 2.58 bits per heavy atom. The highest BCUT2D eigenvalue weighted by molar-refractivity contribution is 5.75. The van der Waals surface area contributed by atoms with Gasteiger partial charge in [0.1, 0.15) is 0 Å². The fourth-order valence-electron chi connectivity index (χ4n) is 3.03. The topological polar surface area (TPSA) is 64.1 Å². The van der Waals surface area contributed by atoms with Crippen LogP contribution >= 0.6 is 0 Å². The molecule has 2 fully saturated rings. The van der Waals surface area contributed by atoms with Gasteiger partial charge in [0.05, 0.1) is 0 Å². The van der Waals surface area contributed by atoms with Gasteiger partial charge in [0.15, 0.2) is 0 Å². The molecule has 6 heteroatoms. The fraction of sp³-hybridized carbons (Fsp3) is 0.846. The minimum atomic E-state index is -0.771. The number of carboxylic acid groups (broad SMARTS) is 1. The molecule has 2 heterocycles. The van der Waals surface area contributed by atoms with Crippen LogP contribution in [0.5, 0.6) is 0 Å². The van der Waals surface area contributed by atoms with E-state index in [1.165, 1.54) is 0 Å². The lowest BCUT2D eigenvalue weighted by atomic mass is 10.1. The Morgan fingerprint density at radius 1 is 1.21 bits per heavy atom.